The van der Waals surface area contributed by atoms with Gasteiger partial charge in [0.05, 0.1) is 0 Å². The van der Waals surface area contributed by atoms with Crippen LogP contribution in [0, 0.1) is 5.92 Å². The fourth-order valence-corrected chi connectivity index (χ4v) is 4.62. The van der Waals surface area contributed by atoms with Crippen molar-refractivity contribution in [3.05, 3.63) is 95.5 Å². The van der Waals surface area contributed by atoms with E-state index < -0.39 is 0 Å². The molecule has 0 unspecified atom stereocenters. The first-order valence-electron chi connectivity index (χ1n) is 11.8. The van der Waals surface area contributed by atoms with E-state index in [-0.39, 0.29) is 18.4 Å². The number of anilines is 2. The lowest BCUT2D eigenvalue weighted by Gasteiger charge is -2.32. The third-order valence-electron chi connectivity index (χ3n) is 6.34. The van der Waals surface area contributed by atoms with Crippen molar-refractivity contribution in [1.82, 2.24) is 4.90 Å². The zero-order valence-electron chi connectivity index (χ0n) is 19.4. The van der Waals surface area contributed by atoms with E-state index in [1.807, 2.05) is 47.4 Å². The number of hydrogen-bond acceptors (Lipinski definition) is 2. The van der Waals surface area contributed by atoms with Gasteiger partial charge in [0.1, 0.15) is 0 Å². The molecular weight excluding hydrogens is 465 g/mol. The van der Waals surface area contributed by atoms with Gasteiger partial charge in [-0.1, -0.05) is 60.1 Å². The second-order valence-electron chi connectivity index (χ2n) is 8.75. The maximum atomic E-state index is 13.1. The Kier molecular flexibility index (Phi) is 10.3. The molecule has 1 heterocycles. The molecule has 2 amide bonds. The molecule has 1 saturated heterocycles. The summed E-state index contributed by atoms with van der Waals surface area (Å²) in [5.41, 5.74) is 3.09. The van der Waals surface area contributed by atoms with E-state index in [2.05, 4.69) is 40.5 Å². The van der Waals surface area contributed by atoms with Crippen molar-refractivity contribution in [3.8, 4) is 0 Å². The van der Waals surface area contributed by atoms with E-state index >= 15 is 0 Å². The lowest BCUT2D eigenvalue weighted by Crippen LogP contribution is -2.39. The van der Waals surface area contributed by atoms with Gasteiger partial charge in [-0.15, -0.1) is 12.4 Å². The first-order valence-corrected chi connectivity index (χ1v) is 12.2. The third kappa shape index (κ3) is 7.76. The molecule has 4 nitrogen and oxygen atoms in total. The van der Waals surface area contributed by atoms with E-state index in [9.17, 15) is 4.79 Å². The van der Waals surface area contributed by atoms with Crippen LogP contribution in [-0.4, -0.2) is 37.1 Å². The highest BCUT2D eigenvalue weighted by molar-refractivity contribution is 6.30. The van der Waals surface area contributed by atoms with E-state index in [1.165, 1.54) is 24.8 Å². The Morgan fingerprint density at radius 2 is 1.53 bits per heavy atom. The van der Waals surface area contributed by atoms with Crippen molar-refractivity contribution in [2.75, 3.05) is 36.4 Å². The summed E-state index contributed by atoms with van der Waals surface area (Å²) in [6.45, 7) is 3.96. The number of nitrogens with zero attached hydrogens (tertiary/aromatic N) is 2. The van der Waals surface area contributed by atoms with Crippen LogP contribution >= 0.6 is 24.0 Å². The number of benzene rings is 3. The number of likely N-dealkylation sites (tertiary alicyclic amines) is 1. The number of rotatable bonds is 8. The Labute approximate surface area is 214 Å². The Morgan fingerprint density at radius 3 is 2.18 bits per heavy atom. The Balaban J connectivity index is 0.00000324. The molecule has 3 aromatic carbocycles. The summed E-state index contributed by atoms with van der Waals surface area (Å²) < 4.78 is 0. The highest BCUT2D eigenvalue weighted by Crippen LogP contribution is 2.22. The third-order valence-corrected chi connectivity index (χ3v) is 6.59. The molecule has 34 heavy (non-hydrogen) atoms. The van der Waals surface area contributed by atoms with Gasteiger partial charge in [0.2, 0.25) is 0 Å². The molecule has 0 aliphatic carbocycles. The van der Waals surface area contributed by atoms with Gasteiger partial charge in [0.15, 0.2) is 0 Å². The number of hydrogen-bond donors (Lipinski definition) is 1. The minimum absolute atomic E-state index is 0. The molecule has 1 aliphatic heterocycles. The average molecular weight is 498 g/mol. The lowest BCUT2D eigenvalue weighted by molar-refractivity contribution is 0.183. The summed E-state index contributed by atoms with van der Waals surface area (Å²) in [6, 6.07) is 27.8. The van der Waals surface area contributed by atoms with Crippen LogP contribution in [-0.2, 0) is 6.42 Å². The van der Waals surface area contributed by atoms with Crippen LogP contribution in [0.3, 0.4) is 0 Å². The van der Waals surface area contributed by atoms with E-state index in [0.717, 1.165) is 43.3 Å². The van der Waals surface area contributed by atoms with E-state index in [0.29, 0.717) is 11.6 Å². The van der Waals surface area contributed by atoms with Gasteiger partial charge in [-0.3, -0.25) is 4.90 Å². The number of para-hydroxylation sites is 1. The second kappa shape index (κ2) is 13.4. The fraction of sp³-hybridized carbons (Fsp3) is 0.321. The predicted molar refractivity (Wildman–Crippen MR) is 145 cm³/mol. The smallest absolute Gasteiger partial charge is 0.308 e. The maximum absolute atomic E-state index is 13.1. The summed E-state index contributed by atoms with van der Waals surface area (Å²) >= 11 is 5.97. The van der Waals surface area contributed by atoms with Crippen LogP contribution in [0.2, 0.25) is 5.02 Å². The van der Waals surface area contributed by atoms with Gasteiger partial charge >= 0.3 is 6.03 Å². The number of amides is 2. The quantitative estimate of drug-likeness (QED) is 0.358. The summed E-state index contributed by atoms with van der Waals surface area (Å²) in [4.78, 5) is 17.4. The lowest BCUT2D eigenvalue weighted by atomic mass is 9.90. The Morgan fingerprint density at radius 1 is 0.912 bits per heavy atom. The van der Waals surface area contributed by atoms with Crippen molar-refractivity contribution >= 4 is 41.4 Å². The first kappa shape index (κ1) is 26.1. The van der Waals surface area contributed by atoms with Gasteiger partial charge in [-0.25, -0.2) is 4.79 Å². The van der Waals surface area contributed by atoms with Crippen LogP contribution in [0.15, 0.2) is 84.9 Å². The van der Waals surface area contributed by atoms with Gasteiger partial charge < -0.3 is 10.2 Å². The van der Waals surface area contributed by atoms with Gasteiger partial charge in [-0.2, -0.15) is 0 Å². The first-order chi connectivity index (χ1) is 16.2. The highest BCUT2D eigenvalue weighted by atomic mass is 35.5. The highest BCUT2D eigenvalue weighted by Gasteiger charge is 2.20. The molecule has 6 heteroatoms. The largest absolute Gasteiger partial charge is 0.326 e. The summed E-state index contributed by atoms with van der Waals surface area (Å²) in [6.07, 6.45) is 4.61. The molecular formula is C28H33Cl2N3O. The zero-order valence-corrected chi connectivity index (χ0v) is 21.0. The van der Waals surface area contributed by atoms with Crippen molar-refractivity contribution in [2.45, 2.75) is 25.7 Å². The summed E-state index contributed by atoms with van der Waals surface area (Å²) in [5, 5.41) is 3.65. The number of nitrogens with one attached hydrogen (secondary N) is 1. The standard InChI is InChI=1S/C28H32ClN3O.ClH/c29-25-12-14-26(15-13-25)30-28(33)32(27-10-5-2-6-11-27)19-7-18-31-20-16-24(17-21-31)22-23-8-3-1-4-9-23;/h1-6,8-15,24H,7,16-22H2,(H,30,33);1H. The van der Waals surface area contributed by atoms with Crippen LogP contribution in [0.5, 0.6) is 0 Å². The van der Waals surface area contributed by atoms with Gasteiger partial charge in [-0.05, 0) is 93.2 Å². The molecule has 0 aromatic heterocycles. The number of halogens is 2. The molecule has 0 bridgehead atoms. The molecule has 1 fully saturated rings. The molecule has 4 rings (SSSR count). The van der Waals surface area contributed by atoms with Crippen molar-refractivity contribution < 1.29 is 4.79 Å². The molecule has 0 radical (unpaired) electrons. The monoisotopic (exact) mass is 497 g/mol. The molecule has 0 saturated carbocycles. The maximum Gasteiger partial charge on any atom is 0.326 e. The average Bonchev–Trinajstić information content (AvgIpc) is 2.85. The predicted octanol–water partition coefficient (Wildman–Crippen LogP) is 7.15. The molecule has 1 aliphatic rings. The van der Waals surface area contributed by atoms with Crippen molar-refractivity contribution in [1.29, 1.82) is 0 Å². The molecule has 0 spiro atoms. The fourth-order valence-electron chi connectivity index (χ4n) is 4.49. The van der Waals surface area contributed by atoms with E-state index in [1.54, 1.807) is 12.1 Å². The number of carbonyl (C=O) groups is 1. The van der Waals surface area contributed by atoms with Crippen LogP contribution < -0.4 is 10.2 Å². The number of carbonyl (C=O) groups excluding carboxylic acids is 1. The molecule has 3 aromatic rings. The molecule has 1 N–H and O–H groups in total. The summed E-state index contributed by atoms with van der Waals surface area (Å²) in [5.74, 6) is 0.773. The van der Waals surface area contributed by atoms with Crippen LogP contribution in [0.25, 0.3) is 0 Å². The Bertz CT molecular complexity index is 991. The minimum Gasteiger partial charge on any atom is -0.308 e. The van der Waals surface area contributed by atoms with Gasteiger partial charge in [0, 0.05) is 22.9 Å². The molecule has 0 atom stereocenters. The molecule has 180 valence electrons. The minimum atomic E-state index is -0.120. The van der Waals surface area contributed by atoms with Gasteiger partial charge in [0.25, 0.3) is 0 Å². The van der Waals surface area contributed by atoms with Crippen molar-refractivity contribution in [3.63, 3.8) is 0 Å². The van der Waals surface area contributed by atoms with Crippen molar-refractivity contribution in [2.24, 2.45) is 5.92 Å². The number of piperidine rings is 1. The normalized spacial score (nSPS) is 14.3. The number of urea groups is 1. The van der Waals surface area contributed by atoms with E-state index in [4.69, 9.17) is 11.6 Å². The second-order valence-corrected chi connectivity index (χ2v) is 9.19. The zero-order chi connectivity index (χ0) is 22.9. The van der Waals surface area contributed by atoms with Crippen LogP contribution in [0.4, 0.5) is 16.2 Å². The topological polar surface area (TPSA) is 35.6 Å². The van der Waals surface area contributed by atoms with Crippen LogP contribution in [0.1, 0.15) is 24.8 Å². The Hall–Kier alpha value is -2.53. The SMILES string of the molecule is Cl.O=C(Nc1ccc(Cl)cc1)N(CCCN1CCC(Cc2ccccc2)CC1)c1ccccc1. The summed E-state index contributed by atoms with van der Waals surface area (Å²) in [7, 11) is 0.